The minimum Gasteiger partial charge on any atom is -0.382 e. The Morgan fingerprint density at radius 3 is 3.00 bits per heavy atom. The van der Waals surface area contributed by atoms with Crippen molar-refractivity contribution in [2.75, 3.05) is 19.8 Å². The van der Waals surface area contributed by atoms with E-state index in [-0.39, 0.29) is 5.91 Å². The summed E-state index contributed by atoms with van der Waals surface area (Å²) in [6, 6.07) is 0. The fraction of sp³-hybridized carbons (Fsp3) is 0.667. The van der Waals surface area contributed by atoms with E-state index in [0.29, 0.717) is 26.1 Å². The molecule has 18 heavy (non-hydrogen) atoms. The van der Waals surface area contributed by atoms with Crippen LogP contribution in [0.15, 0.2) is 6.20 Å². The molecule has 1 N–H and O–H groups in total. The normalized spacial score (nSPS) is 10.6. The predicted molar refractivity (Wildman–Crippen MR) is 78.4 cm³/mol. The van der Waals surface area contributed by atoms with E-state index in [4.69, 9.17) is 4.74 Å². The maximum absolute atomic E-state index is 11.6. The van der Waals surface area contributed by atoms with Crippen molar-refractivity contribution in [1.29, 1.82) is 0 Å². The van der Waals surface area contributed by atoms with Gasteiger partial charge >= 0.3 is 0 Å². The van der Waals surface area contributed by atoms with Crippen molar-refractivity contribution in [1.82, 2.24) is 15.1 Å². The Kier molecular flexibility index (Phi) is 7.26. The summed E-state index contributed by atoms with van der Waals surface area (Å²) in [6.45, 7) is 6.71. The van der Waals surface area contributed by atoms with E-state index in [2.05, 4.69) is 33.0 Å². The van der Waals surface area contributed by atoms with E-state index in [0.717, 1.165) is 22.3 Å². The predicted octanol–water partition coefficient (Wildman–Crippen LogP) is 1.73. The zero-order chi connectivity index (χ0) is 13.4. The van der Waals surface area contributed by atoms with Crippen molar-refractivity contribution < 1.29 is 9.53 Å². The quantitative estimate of drug-likeness (QED) is 0.564. The highest BCUT2D eigenvalue weighted by Crippen LogP contribution is 2.09. The molecule has 6 heteroatoms. The molecule has 1 heterocycles. The van der Waals surface area contributed by atoms with Gasteiger partial charge in [0.2, 0.25) is 5.91 Å². The molecule has 1 rings (SSSR count). The third-order valence-electron chi connectivity index (χ3n) is 2.59. The van der Waals surface area contributed by atoms with E-state index in [1.165, 1.54) is 0 Å². The van der Waals surface area contributed by atoms with Crippen LogP contribution in [0.3, 0.4) is 0 Å². The molecule has 5 nitrogen and oxygen atoms in total. The van der Waals surface area contributed by atoms with Crippen LogP contribution < -0.4 is 5.32 Å². The molecule has 0 saturated heterocycles. The highest BCUT2D eigenvalue weighted by atomic mass is 127. The highest BCUT2D eigenvalue weighted by molar-refractivity contribution is 14.1. The summed E-state index contributed by atoms with van der Waals surface area (Å²) >= 11 is 2.24. The molecule has 1 aromatic rings. The van der Waals surface area contributed by atoms with Gasteiger partial charge in [-0.05, 0) is 42.9 Å². The Bertz CT molecular complexity index is 379. The van der Waals surface area contributed by atoms with Gasteiger partial charge < -0.3 is 10.1 Å². The number of nitrogens with one attached hydrogen (secondary N) is 1. The molecule has 1 amide bonds. The number of carbonyl (C=O) groups is 1. The van der Waals surface area contributed by atoms with Gasteiger partial charge in [-0.15, -0.1) is 0 Å². The second kappa shape index (κ2) is 8.47. The van der Waals surface area contributed by atoms with E-state index >= 15 is 0 Å². The molecule has 0 unspecified atom stereocenters. The SMILES string of the molecule is CCOCCCNC(=O)CCn1ncc(I)c1C. The number of aromatic nitrogens is 2. The van der Waals surface area contributed by atoms with Crippen LogP contribution >= 0.6 is 22.6 Å². The maximum Gasteiger partial charge on any atom is 0.221 e. The molecular weight excluding hydrogens is 345 g/mol. The molecule has 0 bridgehead atoms. The van der Waals surface area contributed by atoms with Crippen LogP contribution in [0.5, 0.6) is 0 Å². The Labute approximate surface area is 121 Å². The zero-order valence-electron chi connectivity index (χ0n) is 10.9. The molecule has 0 fully saturated rings. The van der Waals surface area contributed by atoms with Crippen LogP contribution in [0.2, 0.25) is 0 Å². The van der Waals surface area contributed by atoms with Gasteiger partial charge in [0.25, 0.3) is 0 Å². The summed E-state index contributed by atoms with van der Waals surface area (Å²) < 4.78 is 8.19. The van der Waals surface area contributed by atoms with Crippen molar-refractivity contribution in [3.05, 3.63) is 15.5 Å². The summed E-state index contributed by atoms with van der Waals surface area (Å²) in [7, 11) is 0. The van der Waals surface area contributed by atoms with Crippen molar-refractivity contribution >= 4 is 28.5 Å². The number of amides is 1. The second-order valence-corrected chi connectivity index (χ2v) is 5.11. The number of hydrogen-bond donors (Lipinski definition) is 1. The fourth-order valence-electron chi connectivity index (χ4n) is 1.49. The van der Waals surface area contributed by atoms with Crippen molar-refractivity contribution in [2.45, 2.75) is 33.2 Å². The van der Waals surface area contributed by atoms with E-state index < -0.39 is 0 Å². The van der Waals surface area contributed by atoms with Crippen LogP contribution in [-0.4, -0.2) is 35.4 Å². The van der Waals surface area contributed by atoms with Gasteiger partial charge in [0.05, 0.1) is 9.77 Å². The van der Waals surface area contributed by atoms with E-state index in [1.54, 1.807) is 0 Å². The highest BCUT2D eigenvalue weighted by Gasteiger charge is 2.06. The van der Waals surface area contributed by atoms with Crippen LogP contribution in [0, 0.1) is 10.5 Å². The summed E-state index contributed by atoms with van der Waals surface area (Å²) in [5.41, 5.74) is 1.11. The summed E-state index contributed by atoms with van der Waals surface area (Å²) in [5.74, 6) is 0.0661. The minimum absolute atomic E-state index is 0.0661. The largest absolute Gasteiger partial charge is 0.382 e. The lowest BCUT2D eigenvalue weighted by Crippen LogP contribution is -2.26. The zero-order valence-corrected chi connectivity index (χ0v) is 13.1. The van der Waals surface area contributed by atoms with Gasteiger partial charge in [0, 0.05) is 38.4 Å². The Balaban J connectivity index is 2.15. The second-order valence-electron chi connectivity index (χ2n) is 3.95. The number of carbonyl (C=O) groups excluding carboxylic acids is 1. The smallest absolute Gasteiger partial charge is 0.221 e. The van der Waals surface area contributed by atoms with Gasteiger partial charge in [0.15, 0.2) is 0 Å². The first kappa shape index (κ1) is 15.4. The van der Waals surface area contributed by atoms with Crippen molar-refractivity contribution in [3.63, 3.8) is 0 Å². The standard InChI is InChI=1S/C12H20IN3O2/c1-3-18-8-4-6-14-12(17)5-7-16-10(2)11(13)9-15-16/h9H,3-8H2,1-2H3,(H,14,17). The van der Waals surface area contributed by atoms with Gasteiger partial charge in [0.1, 0.15) is 0 Å². The van der Waals surface area contributed by atoms with E-state index in [9.17, 15) is 4.79 Å². The van der Waals surface area contributed by atoms with Crippen LogP contribution in [0.1, 0.15) is 25.5 Å². The Morgan fingerprint density at radius 2 is 2.39 bits per heavy atom. The Hall–Kier alpha value is -0.630. The first-order valence-electron chi connectivity index (χ1n) is 6.17. The molecular formula is C12H20IN3O2. The average molecular weight is 365 g/mol. The first-order valence-corrected chi connectivity index (χ1v) is 7.25. The summed E-state index contributed by atoms with van der Waals surface area (Å²) in [4.78, 5) is 11.6. The number of ether oxygens (including phenoxy) is 1. The number of aryl methyl sites for hydroxylation is 1. The lowest BCUT2D eigenvalue weighted by Gasteiger charge is -2.06. The lowest BCUT2D eigenvalue weighted by atomic mass is 10.3. The molecule has 0 aliphatic rings. The molecule has 0 aliphatic heterocycles. The fourth-order valence-corrected chi connectivity index (χ4v) is 1.89. The molecule has 1 aromatic heterocycles. The van der Waals surface area contributed by atoms with Gasteiger partial charge in [-0.1, -0.05) is 0 Å². The topological polar surface area (TPSA) is 56.1 Å². The summed E-state index contributed by atoms with van der Waals surface area (Å²) in [5, 5.41) is 7.09. The van der Waals surface area contributed by atoms with Crippen LogP contribution in [0.4, 0.5) is 0 Å². The van der Waals surface area contributed by atoms with Crippen LogP contribution in [0.25, 0.3) is 0 Å². The molecule has 0 spiro atoms. The average Bonchev–Trinajstić information content (AvgIpc) is 2.67. The van der Waals surface area contributed by atoms with Gasteiger partial charge in [-0.3, -0.25) is 9.48 Å². The van der Waals surface area contributed by atoms with Gasteiger partial charge in [-0.2, -0.15) is 5.10 Å². The number of halogens is 1. The molecule has 102 valence electrons. The van der Waals surface area contributed by atoms with Crippen molar-refractivity contribution in [3.8, 4) is 0 Å². The third kappa shape index (κ3) is 5.34. The van der Waals surface area contributed by atoms with Crippen molar-refractivity contribution in [2.24, 2.45) is 0 Å². The Morgan fingerprint density at radius 1 is 1.61 bits per heavy atom. The minimum atomic E-state index is 0.0661. The molecule has 0 saturated carbocycles. The molecule has 0 aromatic carbocycles. The maximum atomic E-state index is 11.6. The number of hydrogen-bond acceptors (Lipinski definition) is 3. The lowest BCUT2D eigenvalue weighted by molar-refractivity contribution is -0.121. The van der Waals surface area contributed by atoms with Gasteiger partial charge in [-0.25, -0.2) is 0 Å². The first-order chi connectivity index (χ1) is 8.65. The third-order valence-corrected chi connectivity index (χ3v) is 3.64. The number of rotatable bonds is 8. The van der Waals surface area contributed by atoms with Crippen LogP contribution in [-0.2, 0) is 16.1 Å². The number of nitrogens with zero attached hydrogens (tertiary/aromatic N) is 2. The molecule has 0 radical (unpaired) electrons. The van der Waals surface area contributed by atoms with E-state index in [1.807, 2.05) is 24.7 Å². The summed E-state index contributed by atoms with van der Waals surface area (Å²) in [6.07, 6.45) is 3.14. The molecule has 0 atom stereocenters. The molecule has 0 aliphatic carbocycles. The monoisotopic (exact) mass is 365 g/mol.